The lowest BCUT2D eigenvalue weighted by molar-refractivity contribution is -0.137. The fourth-order valence-electron chi connectivity index (χ4n) is 3.34. The van der Waals surface area contributed by atoms with Crippen LogP contribution in [0.5, 0.6) is 0 Å². The number of aryl methyl sites for hydroxylation is 1. The number of hydrogen-bond acceptors (Lipinski definition) is 6. The first-order valence-corrected chi connectivity index (χ1v) is 10.5. The molecule has 0 fully saturated rings. The number of nitrogens with one attached hydrogen (secondary N) is 2. The van der Waals surface area contributed by atoms with Crippen LogP contribution in [0.15, 0.2) is 67.0 Å². The Hall–Kier alpha value is -4.14. The monoisotopic (exact) mass is 464 g/mol. The molecule has 0 atom stereocenters. The summed E-state index contributed by atoms with van der Waals surface area (Å²) in [7, 11) is 3.95. The van der Waals surface area contributed by atoms with Crippen molar-refractivity contribution in [1.82, 2.24) is 15.0 Å². The normalized spacial score (nSPS) is 11.7. The van der Waals surface area contributed by atoms with E-state index >= 15 is 0 Å². The molecule has 4 rings (SSSR count). The van der Waals surface area contributed by atoms with Gasteiger partial charge in [0.25, 0.3) is 0 Å². The average molecular weight is 464 g/mol. The zero-order valence-electron chi connectivity index (χ0n) is 18.9. The summed E-state index contributed by atoms with van der Waals surface area (Å²) in [5, 5.41) is 7.00. The molecule has 174 valence electrons. The van der Waals surface area contributed by atoms with E-state index in [9.17, 15) is 13.2 Å². The van der Waals surface area contributed by atoms with Crippen molar-refractivity contribution in [3.05, 3.63) is 83.9 Å². The van der Waals surface area contributed by atoms with Crippen molar-refractivity contribution >= 4 is 40.0 Å². The SMILES string of the molecule is Cc1nc(N/C=C/c2ccc(Nc3cccc(C(F)(F)F)c3)cn2)nc2cc(N(C)C)ccc12. The molecule has 2 aromatic carbocycles. The molecule has 2 aromatic heterocycles. The van der Waals surface area contributed by atoms with E-state index < -0.39 is 11.7 Å². The fraction of sp³-hybridized carbons (Fsp3) is 0.160. The highest BCUT2D eigenvalue weighted by molar-refractivity contribution is 5.85. The Morgan fingerprint density at radius 2 is 1.76 bits per heavy atom. The fourth-order valence-corrected chi connectivity index (χ4v) is 3.34. The van der Waals surface area contributed by atoms with Crippen molar-refractivity contribution in [2.75, 3.05) is 29.6 Å². The molecule has 0 radical (unpaired) electrons. The molecular formula is C25H23F3N6. The third-order valence-corrected chi connectivity index (χ3v) is 5.12. The zero-order valence-corrected chi connectivity index (χ0v) is 18.9. The number of fused-ring (bicyclic) bond motifs is 1. The van der Waals surface area contributed by atoms with Gasteiger partial charge in [0.15, 0.2) is 0 Å². The van der Waals surface area contributed by atoms with E-state index in [0.29, 0.717) is 23.0 Å². The molecule has 2 N–H and O–H groups in total. The number of anilines is 4. The summed E-state index contributed by atoms with van der Waals surface area (Å²) in [6.45, 7) is 1.94. The molecule has 0 saturated carbocycles. The van der Waals surface area contributed by atoms with Crippen LogP contribution in [-0.2, 0) is 6.18 Å². The lowest BCUT2D eigenvalue weighted by Crippen LogP contribution is -2.08. The Morgan fingerprint density at radius 3 is 2.47 bits per heavy atom. The van der Waals surface area contributed by atoms with Gasteiger partial charge < -0.3 is 15.5 Å². The van der Waals surface area contributed by atoms with Gasteiger partial charge in [-0.15, -0.1) is 0 Å². The molecule has 0 spiro atoms. The van der Waals surface area contributed by atoms with Crippen LogP contribution in [0.2, 0.25) is 0 Å². The Morgan fingerprint density at radius 1 is 0.941 bits per heavy atom. The number of pyridine rings is 1. The van der Waals surface area contributed by atoms with Crippen LogP contribution in [-0.4, -0.2) is 29.0 Å². The van der Waals surface area contributed by atoms with Gasteiger partial charge in [0.1, 0.15) is 0 Å². The van der Waals surface area contributed by atoms with Crippen molar-refractivity contribution in [2.45, 2.75) is 13.1 Å². The maximum absolute atomic E-state index is 12.9. The second-order valence-electron chi connectivity index (χ2n) is 7.88. The molecule has 0 bridgehead atoms. The van der Waals surface area contributed by atoms with Gasteiger partial charge in [0.2, 0.25) is 5.95 Å². The quantitative estimate of drug-likeness (QED) is 0.352. The van der Waals surface area contributed by atoms with Crippen molar-refractivity contribution in [3.63, 3.8) is 0 Å². The van der Waals surface area contributed by atoms with Crippen LogP contribution >= 0.6 is 0 Å². The molecule has 0 aliphatic heterocycles. The molecule has 9 heteroatoms. The maximum atomic E-state index is 12.9. The summed E-state index contributed by atoms with van der Waals surface area (Å²) in [5.41, 5.74) is 3.63. The van der Waals surface area contributed by atoms with Crippen LogP contribution < -0.4 is 15.5 Å². The van der Waals surface area contributed by atoms with Crippen LogP contribution in [0, 0.1) is 6.92 Å². The van der Waals surface area contributed by atoms with Crippen molar-refractivity contribution in [3.8, 4) is 0 Å². The molecule has 0 saturated heterocycles. The van der Waals surface area contributed by atoms with Crippen LogP contribution in [0.4, 0.5) is 36.2 Å². The molecule has 0 unspecified atom stereocenters. The molecule has 4 aromatic rings. The van der Waals surface area contributed by atoms with E-state index in [1.807, 2.05) is 44.1 Å². The number of benzene rings is 2. The van der Waals surface area contributed by atoms with E-state index in [4.69, 9.17) is 0 Å². The minimum Gasteiger partial charge on any atom is -0.378 e. The Bertz CT molecular complexity index is 1330. The zero-order chi connectivity index (χ0) is 24.3. The predicted molar refractivity (Wildman–Crippen MR) is 130 cm³/mol. The topological polar surface area (TPSA) is 66.0 Å². The van der Waals surface area contributed by atoms with Crippen molar-refractivity contribution in [1.29, 1.82) is 0 Å². The van der Waals surface area contributed by atoms with Gasteiger partial charge in [0.05, 0.1) is 34.4 Å². The highest BCUT2D eigenvalue weighted by Gasteiger charge is 2.30. The van der Waals surface area contributed by atoms with Gasteiger partial charge in [-0.3, -0.25) is 4.98 Å². The Labute approximate surface area is 195 Å². The number of rotatable bonds is 6. The van der Waals surface area contributed by atoms with Gasteiger partial charge in [-0.05, 0) is 61.5 Å². The number of hydrogen-bond donors (Lipinski definition) is 2. The van der Waals surface area contributed by atoms with Gasteiger partial charge >= 0.3 is 6.18 Å². The number of aromatic nitrogens is 3. The number of nitrogens with zero attached hydrogens (tertiary/aromatic N) is 4. The number of alkyl halides is 3. The third-order valence-electron chi connectivity index (χ3n) is 5.12. The largest absolute Gasteiger partial charge is 0.416 e. The molecule has 6 nitrogen and oxygen atoms in total. The first-order chi connectivity index (χ1) is 16.2. The molecule has 34 heavy (non-hydrogen) atoms. The highest BCUT2D eigenvalue weighted by Crippen LogP contribution is 2.31. The van der Waals surface area contributed by atoms with Gasteiger partial charge in [-0.2, -0.15) is 13.2 Å². The second kappa shape index (κ2) is 9.38. The van der Waals surface area contributed by atoms with Crippen molar-refractivity contribution < 1.29 is 13.2 Å². The summed E-state index contributed by atoms with van der Waals surface area (Å²) in [6.07, 6.45) is 0.616. The molecule has 0 aliphatic carbocycles. The Kier molecular flexibility index (Phi) is 6.36. The first kappa shape index (κ1) is 23.0. The third kappa shape index (κ3) is 5.43. The van der Waals surface area contributed by atoms with E-state index in [-0.39, 0.29) is 0 Å². The summed E-state index contributed by atoms with van der Waals surface area (Å²) in [5.74, 6) is 0.472. The molecule has 2 heterocycles. The van der Waals surface area contributed by atoms with Gasteiger partial charge in [-0.25, -0.2) is 9.97 Å². The summed E-state index contributed by atoms with van der Waals surface area (Å²) >= 11 is 0. The van der Waals surface area contributed by atoms with E-state index in [1.165, 1.54) is 6.07 Å². The van der Waals surface area contributed by atoms with E-state index in [0.717, 1.165) is 34.4 Å². The second-order valence-corrected chi connectivity index (χ2v) is 7.88. The lowest BCUT2D eigenvalue weighted by Gasteiger charge is -2.13. The molecule has 0 aliphatic rings. The highest BCUT2D eigenvalue weighted by atomic mass is 19.4. The van der Waals surface area contributed by atoms with Crippen LogP contribution in [0.3, 0.4) is 0 Å². The standard InChI is InChI=1S/C25H23F3N6/c1-16-22-10-9-21(34(2)3)14-23(22)33-24(31-16)29-12-11-18-7-8-20(15-30-18)32-19-6-4-5-17(13-19)25(26,27)28/h4-15,32H,1-3H3,(H,29,31,33)/b12-11+. The number of halogens is 3. The smallest absolute Gasteiger partial charge is 0.378 e. The first-order valence-electron chi connectivity index (χ1n) is 10.5. The van der Waals surface area contributed by atoms with Crippen molar-refractivity contribution in [2.24, 2.45) is 0 Å². The van der Waals surface area contributed by atoms with Gasteiger partial charge in [0, 0.05) is 37.1 Å². The predicted octanol–water partition coefficient (Wildman–Crippen LogP) is 6.24. The average Bonchev–Trinajstić information content (AvgIpc) is 2.79. The molecule has 0 amide bonds. The maximum Gasteiger partial charge on any atom is 0.416 e. The summed E-state index contributed by atoms with van der Waals surface area (Å²) < 4.78 is 38.7. The minimum atomic E-state index is -4.39. The van der Waals surface area contributed by atoms with E-state index in [2.05, 4.69) is 25.6 Å². The van der Waals surface area contributed by atoms with E-state index in [1.54, 1.807) is 36.7 Å². The van der Waals surface area contributed by atoms with Gasteiger partial charge in [-0.1, -0.05) is 6.07 Å². The van der Waals surface area contributed by atoms with Crippen LogP contribution in [0.1, 0.15) is 17.0 Å². The minimum absolute atomic E-state index is 0.336. The molecular weight excluding hydrogens is 441 g/mol. The summed E-state index contributed by atoms with van der Waals surface area (Å²) in [6, 6.07) is 14.6. The summed E-state index contributed by atoms with van der Waals surface area (Å²) in [4.78, 5) is 15.4. The Balaban J connectivity index is 1.43. The van der Waals surface area contributed by atoms with Crippen LogP contribution in [0.25, 0.3) is 17.0 Å². The lowest BCUT2D eigenvalue weighted by atomic mass is 10.1.